The third-order valence-electron chi connectivity index (χ3n) is 2.90. The highest BCUT2D eigenvalue weighted by molar-refractivity contribution is 5.71. The molecule has 0 aliphatic heterocycles. The monoisotopic (exact) mass is 266 g/mol. The van der Waals surface area contributed by atoms with Crippen LogP contribution in [0.5, 0.6) is 0 Å². The zero-order valence-electron chi connectivity index (χ0n) is 11.0. The number of ether oxygens (including phenoxy) is 1. The third-order valence-corrected chi connectivity index (χ3v) is 2.90. The first-order valence-electron chi connectivity index (χ1n) is 6.00. The number of carbonyl (C=O) groups is 1. The summed E-state index contributed by atoms with van der Waals surface area (Å²) in [5, 5.41) is 10.5. The summed E-state index contributed by atoms with van der Waals surface area (Å²) in [5.41, 5.74) is 6.92. The third kappa shape index (κ3) is 4.67. The van der Waals surface area contributed by atoms with Crippen LogP contribution in [0.4, 0.5) is 5.69 Å². The van der Waals surface area contributed by atoms with Crippen molar-refractivity contribution in [1.82, 2.24) is 0 Å². The number of hydrogen-bond acceptors (Lipinski definition) is 5. The molecule has 6 nitrogen and oxygen atoms in total. The quantitative estimate of drug-likeness (QED) is 0.480. The van der Waals surface area contributed by atoms with Gasteiger partial charge in [-0.15, -0.1) is 0 Å². The Morgan fingerprint density at radius 2 is 2.00 bits per heavy atom. The Balaban J connectivity index is 2.54. The molecule has 0 aromatic heterocycles. The van der Waals surface area contributed by atoms with Crippen LogP contribution in [0.15, 0.2) is 24.3 Å². The van der Waals surface area contributed by atoms with Crippen molar-refractivity contribution < 1.29 is 14.5 Å². The van der Waals surface area contributed by atoms with E-state index in [9.17, 15) is 14.9 Å². The Labute approximate surface area is 111 Å². The maximum Gasteiger partial charge on any atom is 0.308 e. The number of non-ortho nitro benzene ring substituents is 1. The van der Waals surface area contributed by atoms with Crippen LogP contribution in [0, 0.1) is 16.0 Å². The van der Waals surface area contributed by atoms with Gasteiger partial charge < -0.3 is 10.5 Å². The van der Waals surface area contributed by atoms with Gasteiger partial charge in [0.05, 0.1) is 18.0 Å². The van der Waals surface area contributed by atoms with Crippen LogP contribution in [-0.2, 0) is 16.0 Å². The summed E-state index contributed by atoms with van der Waals surface area (Å²) in [6, 6.07) is 6.08. The number of esters is 1. The first-order valence-corrected chi connectivity index (χ1v) is 6.00. The summed E-state index contributed by atoms with van der Waals surface area (Å²) in [4.78, 5) is 21.3. The molecule has 1 unspecified atom stereocenters. The lowest BCUT2D eigenvalue weighted by Crippen LogP contribution is -2.28. The largest absolute Gasteiger partial charge is 0.469 e. The van der Waals surface area contributed by atoms with Crippen LogP contribution >= 0.6 is 0 Å². The van der Waals surface area contributed by atoms with Crippen LogP contribution in [0.2, 0.25) is 0 Å². The highest BCUT2D eigenvalue weighted by Crippen LogP contribution is 2.15. The van der Waals surface area contributed by atoms with E-state index >= 15 is 0 Å². The standard InChI is InChI=1S/C13H18N2O4/c1-9(13(16)19-2)7-11(14)8-10-3-5-12(6-4-10)15(17)18/h3-6,9,11H,7-8,14H2,1-2H3/t9?,11-/m1/s1. The molecule has 104 valence electrons. The van der Waals surface area contributed by atoms with Crippen molar-refractivity contribution >= 4 is 11.7 Å². The van der Waals surface area contributed by atoms with Gasteiger partial charge in [0, 0.05) is 18.2 Å². The number of nitrogens with two attached hydrogens (primary N) is 1. The Morgan fingerprint density at radius 3 is 2.47 bits per heavy atom. The van der Waals surface area contributed by atoms with E-state index in [4.69, 9.17) is 5.73 Å². The summed E-state index contributed by atoms with van der Waals surface area (Å²) in [5.74, 6) is -0.530. The zero-order chi connectivity index (χ0) is 14.4. The van der Waals surface area contributed by atoms with Crippen molar-refractivity contribution in [2.24, 2.45) is 11.7 Å². The van der Waals surface area contributed by atoms with Gasteiger partial charge in [0.25, 0.3) is 5.69 Å². The fraction of sp³-hybridized carbons (Fsp3) is 0.462. The zero-order valence-corrected chi connectivity index (χ0v) is 11.0. The van der Waals surface area contributed by atoms with Crippen molar-refractivity contribution in [3.8, 4) is 0 Å². The second kappa shape index (κ2) is 6.84. The smallest absolute Gasteiger partial charge is 0.308 e. The summed E-state index contributed by atoms with van der Waals surface area (Å²) in [6.45, 7) is 1.77. The molecule has 0 bridgehead atoms. The highest BCUT2D eigenvalue weighted by Gasteiger charge is 2.17. The fourth-order valence-corrected chi connectivity index (χ4v) is 1.89. The Morgan fingerprint density at radius 1 is 1.42 bits per heavy atom. The van der Waals surface area contributed by atoms with E-state index in [1.807, 2.05) is 0 Å². The summed E-state index contributed by atoms with van der Waals surface area (Å²) >= 11 is 0. The topological polar surface area (TPSA) is 95.5 Å². The summed E-state index contributed by atoms with van der Waals surface area (Å²) in [7, 11) is 1.35. The maximum absolute atomic E-state index is 11.3. The molecule has 0 radical (unpaired) electrons. The first-order chi connectivity index (χ1) is 8.93. The molecular weight excluding hydrogens is 248 g/mol. The molecule has 0 aliphatic rings. The molecule has 2 N–H and O–H groups in total. The predicted octanol–water partition coefficient (Wildman–Crippen LogP) is 1.66. The molecule has 0 spiro atoms. The molecule has 2 atom stereocenters. The van der Waals surface area contributed by atoms with Gasteiger partial charge in [-0.2, -0.15) is 0 Å². The number of hydrogen-bond donors (Lipinski definition) is 1. The molecule has 0 heterocycles. The number of benzene rings is 1. The van der Waals surface area contributed by atoms with E-state index < -0.39 is 4.92 Å². The van der Waals surface area contributed by atoms with E-state index in [0.29, 0.717) is 12.8 Å². The molecule has 1 rings (SSSR count). The van der Waals surface area contributed by atoms with Crippen LogP contribution < -0.4 is 5.73 Å². The van der Waals surface area contributed by atoms with Gasteiger partial charge in [-0.1, -0.05) is 19.1 Å². The molecule has 1 aromatic rings. The molecule has 1 aromatic carbocycles. The lowest BCUT2D eigenvalue weighted by Gasteiger charge is -2.15. The summed E-state index contributed by atoms with van der Waals surface area (Å²) < 4.78 is 4.64. The average Bonchev–Trinajstić information content (AvgIpc) is 2.38. The predicted molar refractivity (Wildman–Crippen MR) is 70.6 cm³/mol. The number of methoxy groups -OCH3 is 1. The van der Waals surface area contributed by atoms with Gasteiger partial charge in [-0.25, -0.2) is 0 Å². The molecule has 6 heteroatoms. The minimum absolute atomic E-state index is 0.0558. The van der Waals surface area contributed by atoms with Crippen LogP contribution in [0.25, 0.3) is 0 Å². The Bertz CT molecular complexity index is 444. The minimum atomic E-state index is -0.441. The van der Waals surface area contributed by atoms with Crippen molar-refractivity contribution in [2.45, 2.75) is 25.8 Å². The van der Waals surface area contributed by atoms with E-state index in [1.165, 1.54) is 19.2 Å². The molecule has 19 heavy (non-hydrogen) atoms. The Kier molecular flexibility index (Phi) is 5.44. The second-order valence-electron chi connectivity index (χ2n) is 4.55. The summed E-state index contributed by atoms with van der Waals surface area (Å²) in [6.07, 6.45) is 1.09. The van der Waals surface area contributed by atoms with E-state index in [1.54, 1.807) is 19.1 Å². The number of nitrogens with zero attached hydrogens (tertiary/aromatic N) is 1. The van der Waals surface area contributed by atoms with Gasteiger partial charge in [0.1, 0.15) is 0 Å². The molecule has 0 saturated heterocycles. The lowest BCUT2D eigenvalue weighted by atomic mass is 9.97. The first kappa shape index (κ1) is 15.1. The molecule has 0 fully saturated rings. The number of nitro groups is 1. The van der Waals surface area contributed by atoms with Gasteiger partial charge in [0.2, 0.25) is 0 Å². The normalized spacial score (nSPS) is 13.6. The van der Waals surface area contributed by atoms with Gasteiger partial charge in [0.15, 0.2) is 0 Å². The van der Waals surface area contributed by atoms with Crippen molar-refractivity contribution in [1.29, 1.82) is 0 Å². The van der Waals surface area contributed by atoms with Crippen molar-refractivity contribution in [3.05, 3.63) is 39.9 Å². The second-order valence-corrected chi connectivity index (χ2v) is 4.55. The van der Waals surface area contributed by atoms with Crippen molar-refractivity contribution in [2.75, 3.05) is 7.11 Å². The van der Waals surface area contributed by atoms with E-state index in [2.05, 4.69) is 4.74 Å². The Hall–Kier alpha value is -1.95. The van der Waals surface area contributed by atoms with Crippen LogP contribution in [0.1, 0.15) is 18.9 Å². The maximum atomic E-state index is 11.3. The van der Waals surface area contributed by atoms with Gasteiger partial charge >= 0.3 is 5.97 Å². The van der Waals surface area contributed by atoms with E-state index in [-0.39, 0.29) is 23.6 Å². The lowest BCUT2D eigenvalue weighted by molar-refractivity contribution is -0.384. The average molecular weight is 266 g/mol. The number of rotatable bonds is 6. The van der Waals surface area contributed by atoms with Crippen LogP contribution in [-0.4, -0.2) is 24.0 Å². The number of carbonyl (C=O) groups excluding carboxylic acids is 1. The number of nitro benzene ring substituents is 1. The van der Waals surface area contributed by atoms with Gasteiger partial charge in [-0.05, 0) is 18.4 Å². The molecule has 0 saturated carbocycles. The minimum Gasteiger partial charge on any atom is -0.469 e. The van der Waals surface area contributed by atoms with Crippen LogP contribution in [0.3, 0.4) is 0 Å². The molecular formula is C13H18N2O4. The van der Waals surface area contributed by atoms with Crippen molar-refractivity contribution in [3.63, 3.8) is 0 Å². The van der Waals surface area contributed by atoms with E-state index in [0.717, 1.165) is 5.56 Å². The molecule has 0 amide bonds. The highest BCUT2D eigenvalue weighted by atomic mass is 16.6. The SMILES string of the molecule is COC(=O)C(C)C[C@@H](N)Cc1ccc([N+](=O)[O-])cc1. The molecule has 0 aliphatic carbocycles. The fourth-order valence-electron chi connectivity index (χ4n) is 1.89. The van der Waals surface area contributed by atoms with Gasteiger partial charge in [-0.3, -0.25) is 14.9 Å².